The molecule has 3 nitrogen and oxygen atoms in total. The molecule has 0 aliphatic carbocycles. The molecule has 1 N–H and O–H groups in total. The molecule has 1 aromatic carbocycles. The summed E-state index contributed by atoms with van der Waals surface area (Å²) in [5, 5.41) is 9.57. The van der Waals surface area contributed by atoms with Gasteiger partial charge in [0, 0.05) is 6.42 Å². The number of carbonyl (C=O) groups is 1. The Hall–Kier alpha value is -1.63. The maximum absolute atomic E-state index is 12.9. The molecular formula is C14H18F4O3. The Morgan fingerprint density at radius 3 is 2.19 bits per heavy atom. The van der Waals surface area contributed by atoms with Gasteiger partial charge in [0.2, 0.25) is 0 Å². The second-order valence-corrected chi connectivity index (χ2v) is 4.10. The van der Waals surface area contributed by atoms with Crippen LogP contribution in [0, 0.1) is 12.7 Å². The number of aliphatic hydroxyl groups is 1. The van der Waals surface area contributed by atoms with Gasteiger partial charge in [0.15, 0.2) is 0 Å². The van der Waals surface area contributed by atoms with Crippen LogP contribution in [0.4, 0.5) is 17.6 Å². The smallest absolute Gasteiger partial charge is 0.428 e. The first-order valence-corrected chi connectivity index (χ1v) is 6.24. The van der Waals surface area contributed by atoms with Gasteiger partial charge < -0.3 is 9.84 Å². The molecule has 1 rings (SSSR count). The maximum Gasteiger partial charge on any atom is 0.428 e. The molecule has 0 amide bonds. The summed E-state index contributed by atoms with van der Waals surface area (Å²) in [5.41, 5.74) is -3.44. The summed E-state index contributed by atoms with van der Waals surface area (Å²) in [4.78, 5) is 11.2. The number of carbonyl (C=O) groups excluding carboxylic acids is 1. The van der Waals surface area contributed by atoms with Crippen LogP contribution in [0.5, 0.6) is 0 Å². The molecule has 0 aromatic heterocycles. The number of halogens is 4. The number of aryl methyl sites for hydroxylation is 1. The van der Waals surface area contributed by atoms with Crippen molar-refractivity contribution in [2.75, 3.05) is 7.11 Å². The highest BCUT2D eigenvalue weighted by atomic mass is 19.4. The standard InChI is InChI=1S/C12H12F4O3.C2H6/c1-7-5-9(13)4-3-8(7)6-11(18,10(17)19-2)12(14,15)16;1-2/h3-5,18H,6H2,1-2H3;1-2H3. The van der Waals surface area contributed by atoms with E-state index in [1.54, 1.807) is 0 Å². The van der Waals surface area contributed by atoms with Crippen LogP contribution < -0.4 is 0 Å². The van der Waals surface area contributed by atoms with E-state index in [0.29, 0.717) is 0 Å². The summed E-state index contributed by atoms with van der Waals surface area (Å²) in [7, 11) is 0.747. The Labute approximate surface area is 120 Å². The van der Waals surface area contributed by atoms with E-state index in [1.807, 2.05) is 13.8 Å². The molecule has 0 heterocycles. The number of hydrogen-bond acceptors (Lipinski definition) is 3. The van der Waals surface area contributed by atoms with Gasteiger partial charge in [0.1, 0.15) is 5.82 Å². The highest BCUT2D eigenvalue weighted by molar-refractivity contribution is 5.80. The molecule has 0 bridgehead atoms. The fourth-order valence-electron chi connectivity index (χ4n) is 1.59. The van der Waals surface area contributed by atoms with Gasteiger partial charge in [-0.25, -0.2) is 9.18 Å². The summed E-state index contributed by atoms with van der Waals surface area (Å²) in [6, 6.07) is 3.06. The van der Waals surface area contributed by atoms with E-state index in [2.05, 4.69) is 4.74 Å². The largest absolute Gasteiger partial charge is 0.467 e. The Bertz CT molecular complexity index is 486. The van der Waals surface area contributed by atoms with Crippen molar-refractivity contribution in [1.29, 1.82) is 0 Å². The third kappa shape index (κ3) is 4.42. The first-order valence-electron chi connectivity index (χ1n) is 6.24. The van der Waals surface area contributed by atoms with Crippen molar-refractivity contribution >= 4 is 5.97 Å². The molecule has 0 aliphatic heterocycles. The average molecular weight is 310 g/mol. The summed E-state index contributed by atoms with van der Waals surface area (Å²) >= 11 is 0. The second-order valence-electron chi connectivity index (χ2n) is 4.10. The van der Waals surface area contributed by atoms with Crippen LogP contribution in [0.1, 0.15) is 25.0 Å². The minimum absolute atomic E-state index is 0.00613. The van der Waals surface area contributed by atoms with Gasteiger partial charge in [0.05, 0.1) is 7.11 Å². The molecular weight excluding hydrogens is 292 g/mol. The summed E-state index contributed by atoms with van der Waals surface area (Å²) in [5.74, 6) is -2.42. The lowest BCUT2D eigenvalue weighted by atomic mass is 9.91. The quantitative estimate of drug-likeness (QED) is 0.689. The molecule has 0 saturated heterocycles. The van der Waals surface area contributed by atoms with E-state index in [4.69, 9.17) is 0 Å². The highest BCUT2D eigenvalue weighted by Crippen LogP contribution is 2.35. The number of rotatable bonds is 3. The molecule has 120 valence electrons. The average Bonchev–Trinajstić information content (AvgIpc) is 2.41. The number of hydrogen-bond donors (Lipinski definition) is 1. The predicted molar refractivity (Wildman–Crippen MR) is 69.2 cm³/mol. The number of ether oxygens (including phenoxy) is 1. The zero-order valence-electron chi connectivity index (χ0n) is 12.2. The molecule has 7 heteroatoms. The van der Waals surface area contributed by atoms with Crippen molar-refractivity contribution in [2.45, 2.75) is 39.0 Å². The van der Waals surface area contributed by atoms with Gasteiger partial charge in [-0.3, -0.25) is 0 Å². The topological polar surface area (TPSA) is 46.5 Å². The molecule has 21 heavy (non-hydrogen) atoms. The second kappa shape index (κ2) is 7.40. The van der Waals surface area contributed by atoms with E-state index >= 15 is 0 Å². The van der Waals surface area contributed by atoms with Gasteiger partial charge in [-0.05, 0) is 30.2 Å². The fraction of sp³-hybridized carbons (Fsp3) is 0.500. The van der Waals surface area contributed by atoms with Gasteiger partial charge in [-0.2, -0.15) is 13.2 Å². The maximum atomic E-state index is 12.9. The van der Waals surface area contributed by atoms with E-state index < -0.39 is 30.0 Å². The third-order valence-electron chi connectivity index (χ3n) is 2.74. The number of alkyl halides is 3. The van der Waals surface area contributed by atoms with Crippen LogP contribution >= 0.6 is 0 Å². The summed E-state index contributed by atoms with van der Waals surface area (Å²) < 4.78 is 55.3. The normalized spacial score (nSPS) is 13.8. The van der Waals surface area contributed by atoms with E-state index in [-0.39, 0.29) is 11.1 Å². The van der Waals surface area contributed by atoms with Crippen LogP contribution in [-0.4, -0.2) is 30.0 Å². The van der Waals surface area contributed by atoms with Gasteiger partial charge >= 0.3 is 12.1 Å². The van der Waals surface area contributed by atoms with Crippen molar-refractivity contribution < 1.29 is 32.2 Å². The van der Waals surface area contributed by atoms with Crippen molar-refractivity contribution in [2.24, 2.45) is 0 Å². The van der Waals surface area contributed by atoms with Crippen LogP contribution in [-0.2, 0) is 16.0 Å². The summed E-state index contributed by atoms with van der Waals surface area (Å²) in [6.07, 6.45) is -6.23. The third-order valence-corrected chi connectivity index (χ3v) is 2.74. The SMILES string of the molecule is CC.COC(=O)C(O)(Cc1ccc(F)cc1C)C(F)(F)F. The van der Waals surface area contributed by atoms with Crippen LogP contribution in [0.15, 0.2) is 18.2 Å². The van der Waals surface area contributed by atoms with Crippen molar-refractivity contribution in [1.82, 2.24) is 0 Å². The van der Waals surface area contributed by atoms with Crippen molar-refractivity contribution in [3.05, 3.63) is 35.1 Å². The molecule has 1 unspecified atom stereocenters. The lowest BCUT2D eigenvalue weighted by Crippen LogP contribution is -2.54. The molecule has 1 atom stereocenters. The summed E-state index contributed by atoms with van der Waals surface area (Å²) in [6.45, 7) is 5.38. The van der Waals surface area contributed by atoms with Gasteiger partial charge in [-0.15, -0.1) is 0 Å². The zero-order valence-corrected chi connectivity index (χ0v) is 12.2. The number of benzene rings is 1. The van der Waals surface area contributed by atoms with E-state index in [1.165, 1.54) is 6.92 Å². The Morgan fingerprint density at radius 2 is 1.81 bits per heavy atom. The highest BCUT2D eigenvalue weighted by Gasteiger charge is 2.60. The van der Waals surface area contributed by atoms with Crippen LogP contribution in [0.3, 0.4) is 0 Å². The minimum atomic E-state index is -5.19. The van der Waals surface area contributed by atoms with Crippen LogP contribution in [0.2, 0.25) is 0 Å². The monoisotopic (exact) mass is 310 g/mol. The first kappa shape index (κ1) is 19.4. The Morgan fingerprint density at radius 1 is 1.29 bits per heavy atom. The molecule has 0 radical (unpaired) electrons. The zero-order chi connectivity index (χ0) is 16.8. The molecule has 0 spiro atoms. The first-order chi connectivity index (χ1) is 9.61. The van der Waals surface area contributed by atoms with E-state index in [0.717, 1.165) is 25.3 Å². The lowest BCUT2D eigenvalue weighted by Gasteiger charge is -2.28. The van der Waals surface area contributed by atoms with Gasteiger partial charge in [-0.1, -0.05) is 19.9 Å². The number of esters is 1. The van der Waals surface area contributed by atoms with Crippen LogP contribution in [0.25, 0.3) is 0 Å². The molecule has 0 aliphatic rings. The van der Waals surface area contributed by atoms with Crippen molar-refractivity contribution in [3.8, 4) is 0 Å². The molecule has 1 aromatic rings. The van der Waals surface area contributed by atoms with Crippen molar-refractivity contribution in [3.63, 3.8) is 0 Å². The molecule has 0 fully saturated rings. The van der Waals surface area contributed by atoms with E-state index in [9.17, 15) is 27.5 Å². The fourth-order valence-corrected chi connectivity index (χ4v) is 1.59. The lowest BCUT2D eigenvalue weighted by molar-refractivity contribution is -0.261. The molecule has 0 saturated carbocycles. The predicted octanol–water partition coefficient (Wildman–Crippen LogP) is 3.17. The van der Waals surface area contributed by atoms with Gasteiger partial charge in [0.25, 0.3) is 5.60 Å². The number of methoxy groups -OCH3 is 1. The Balaban J connectivity index is 0.00000191. The minimum Gasteiger partial charge on any atom is -0.467 e. The Kier molecular flexibility index (Phi) is 6.82.